The highest BCUT2D eigenvalue weighted by Crippen LogP contribution is 2.25. The molecule has 1 fully saturated rings. The summed E-state index contributed by atoms with van der Waals surface area (Å²) < 4.78 is 5.76. The number of aliphatic hydroxyl groups excluding tert-OH is 1. The van der Waals surface area contributed by atoms with Gasteiger partial charge in [-0.3, -0.25) is 4.79 Å². The van der Waals surface area contributed by atoms with Gasteiger partial charge >= 0.3 is 0 Å². The monoisotopic (exact) mass is 300 g/mol. The van der Waals surface area contributed by atoms with Crippen LogP contribution in [0, 0.1) is 5.92 Å². The van der Waals surface area contributed by atoms with Crippen LogP contribution in [-0.4, -0.2) is 49.0 Å². The van der Waals surface area contributed by atoms with Gasteiger partial charge in [0, 0.05) is 13.1 Å². The quantitative estimate of drug-likeness (QED) is 0.603. The Kier molecular flexibility index (Phi) is 8.88. The molecule has 1 aliphatic carbocycles. The molecule has 1 amide bonds. The van der Waals surface area contributed by atoms with E-state index in [1.165, 1.54) is 12.8 Å². The average Bonchev–Trinajstić information content (AvgIpc) is 2.49. The zero-order chi connectivity index (χ0) is 15.7. The van der Waals surface area contributed by atoms with Gasteiger partial charge in [-0.15, -0.1) is 0 Å². The van der Waals surface area contributed by atoms with Crippen molar-refractivity contribution in [1.29, 1.82) is 0 Å². The molecule has 124 valence electrons. The molecule has 21 heavy (non-hydrogen) atoms. The summed E-state index contributed by atoms with van der Waals surface area (Å²) >= 11 is 0. The summed E-state index contributed by atoms with van der Waals surface area (Å²) in [5.41, 5.74) is 0. The Hall–Kier alpha value is -0.650. The van der Waals surface area contributed by atoms with Crippen LogP contribution in [0.1, 0.15) is 52.9 Å². The van der Waals surface area contributed by atoms with Gasteiger partial charge in [0.1, 0.15) is 0 Å². The van der Waals surface area contributed by atoms with Crippen molar-refractivity contribution in [2.24, 2.45) is 5.92 Å². The van der Waals surface area contributed by atoms with Crippen molar-refractivity contribution >= 4 is 5.91 Å². The summed E-state index contributed by atoms with van der Waals surface area (Å²) in [7, 11) is 0. The summed E-state index contributed by atoms with van der Waals surface area (Å²) in [6, 6.07) is -0.290. The number of amides is 1. The number of aliphatic hydroxyl groups is 1. The summed E-state index contributed by atoms with van der Waals surface area (Å²) in [4.78, 5) is 11.7. The SMILES string of the molecule is CCCNC(=O)C(C)NCC(O)COC1CCC(C)CC1. The smallest absolute Gasteiger partial charge is 0.236 e. The summed E-state index contributed by atoms with van der Waals surface area (Å²) in [5, 5.41) is 15.8. The van der Waals surface area contributed by atoms with Gasteiger partial charge in [0.2, 0.25) is 5.91 Å². The first kappa shape index (κ1) is 18.4. The van der Waals surface area contributed by atoms with Crippen LogP contribution in [0.4, 0.5) is 0 Å². The van der Waals surface area contributed by atoms with Gasteiger partial charge in [-0.05, 0) is 44.9 Å². The molecule has 0 bridgehead atoms. The highest BCUT2D eigenvalue weighted by atomic mass is 16.5. The molecule has 0 aliphatic heterocycles. The van der Waals surface area contributed by atoms with Crippen LogP contribution in [0.2, 0.25) is 0 Å². The van der Waals surface area contributed by atoms with E-state index >= 15 is 0 Å². The highest BCUT2D eigenvalue weighted by molar-refractivity contribution is 5.81. The number of hydrogen-bond acceptors (Lipinski definition) is 4. The maximum Gasteiger partial charge on any atom is 0.236 e. The van der Waals surface area contributed by atoms with Gasteiger partial charge in [0.15, 0.2) is 0 Å². The number of nitrogens with one attached hydrogen (secondary N) is 2. The lowest BCUT2D eigenvalue weighted by atomic mass is 9.89. The van der Waals surface area contributed by atoms with Crippen LogP contribution in [0.15, 0.2) is 0 Å². The fraction of sp³-hybridized carbons (Fsp3) is 0.938. The predicted molar refractivity (Wildman–Crippen MR) is 84.1 cm³/mol. The maximum absolute atomic E-state index is 11.7. The minimum Gasteiger partial charge on any atom is -0.389 e. The lowest BCUT2D eigenvalue weighted by Gasteiger charge is -2.27. The lowest BCUT2D eigenvalue weighted by molar-refractivity contribution is -0.122. The fourth-order valence-corrected chi connectivity index (χ4v) is 2.51. The zero-order valence-corrected chi connectivity index (χ0v) is 13.7. The van der Waals surface area contributed by atoms with Crippen molar-refractivity contribution in [1.82, 2.24) is 10.6 Å². The van der Waals surface area contributed by atoms with E-state index in [1.807, 2.05) is 6.92 Å². The molecule has 0 saturated heterocycles. The van der Waals surface area contributed by atoms with Gasteiger partial charge in [-0.2, -0.15) is 0 Å². The first-order valence-corrected chi connectivity index (χ1v) is 8.33. The molecule has 3 N–H and O–H groups in total. The highest BCUT2D eigenvalue weighted by Gasteiger charge is 2.20. The molecule has 5 nitrogen and oxygen atoms in total. The summed E-state index contributed by atoms with van der Waals surface area (Å²) in [6.45, 7) is 7.52. The summed E-state index contributed by atoms with van der Waals surface area (Å²) in [6.07, 6.45) is 5.27. The largest absolute Gasteiger partial charge is 0.389 e. The van der Waals surface area contributed by atoms with E-state index in [1.54, 1.807) is 6.92 Å². The third-order valence-corrected chi connectivity index (χ3v) is 4.09. The maximum atomic E-state index is 11.7. The predicted octanol–water partition coefficient (Wildman–Crippen LogP) is 1.45. The summed E-state index contributed by atoms with van der Waals surface area (Å²) in [5.74, 6) is 0.783. The van der Waals surface area contributed by atoms with Gasteiger partial charge in [-0.25, -0.2) is 0 Å². The molecule has 0 aromatic heterocycles. The first-order chi connectivity index (χ1) is 10.0. The second-order valence-electron chi connectivity index (χ2n) is 6.29. The van der Waals surface area contributed by atoms with Crippen LogP contribution in [0.3, 0.4) is 0 Å². The second-order valence-corrected chi connectivity index (χ2v) is 6.29. The fourth-order valence-electron chi connectivity index (χ4n) is 2.51. The van der Waals surface area contributed by atoms with Gasteiger partial charge in [0.05, 0.1) is 24.9 Å². The van der Waals surface area contributed by atoms with Crippen molar-refractivity contribution in [3.8, 4) is 0 Å². The molecule has 2 atom stereocenters. The molecular formula is C16H32N2O3. The van der Waals surface area contributed by atoms with Gasteiger partial charge in [0.25, 0.3) is 0 Å². The Balaban J connectivity index is 2.10. The molecule has 0 aromatic carbocycles. The minimum atomic E-state index is -0.564. The van der Waals surface area contributed by atoms with Gasteiger partial charge < -0.3 is 20.5 Å². The number of hydrogen-bond donors (Lipinski definition) is 3. The molecule has 1 aliphatic rings. The molecule has 1 rings (SSSR count). The third kappa shape index (κ3) is 7.79. The van der Waals surface area contributed by atoms with Crippen LogP contribution < -0.4 is 10.6 Å². The number of carbonyl (C=O) groups is 1. The van der Waals surface area contributed by atoms with E-state index in [0.29, 0.717) is 25.8 Å². The van der Waals surface area contributed by atoms with Crippen molar-refractivity contribution < 1.29 is 14.6 Å². The standard InChI is InChI=1S/C16H32N2O3/c1-4-9-17-16(20)13(3)18-10-14(19)11-21-15-7-5-12(2)6-8-15/h12-15,18-19H,4-11H2,1-3H3,(H,17,20). The number of carbonyl (C=O) groups excluding carboxylic acids is 1. The van der Waals surface area contributed by atoms with E-state index < -0.39 is 6.10 Å². The molecule has 0 spiro atoms. The number of rotatable bonds is 9. The third-order valence-electron chi connectivity index (χ3n) is 4.09. The Morgan fingerprint density at radius 3 is 2.62 bits per heavy atom. The van der Waals surface area contributed by atoms with E-state index in [4.69, 9.17) is 4.74 Å². The normalized spacial score (nSPS) is 25.3. The lowest BCUT2D eigenvalue weighted by Crippen LogP contribution is -2.45. The topological polar surface area (TPSA) is 70.6 Å². The van der Waals surface area contributed by atoms with E-state index in [9.17, 15) is 9.90 Å². The van der Waals surface area contributed by atoms with Crippen LogP contribution in [0.5, 0.6) is 0 Å². The second kappa shape index (κ2) is 10.1. The molecule has 5 heteroatoms. The number of ether oxygens (including phenoxy) is 1. The van der Waals surface area contributed by atoms with Crippen LogP contribution in [-0.2, 0) is 9.53 Å². The molecule has 0 heterocycles. The van der Waals surface area contributed by atoms with Crippen molar-refractivity contribution in [2.45, 2.75) is 71.1 Å². The van der Waals surface area contributed by atoms with Crippen LogP contribution in [0.25, 0.3) is 0 Å². The first-order valence-electron chi connectivity index (χ1n) is 8.33. The molecule has 2 unspecified atom stereocenters. The van der Waals surface area contributed by atoms with Crippen molar-refractivity contribution in [2.75, 3.05) is 19.7 Å². The molecular weight excluding hydrogens is 268 g/mol. The van der Waals surface area contributed by atoms with E-state index in [2.05, 4.69) is 17.6 Å². The van der Waals surface area contributed by atoms with Crippen molar-refractivity contribution in [3.63, 3.8) is 0 Å². The van der Waals surface area contributed by atoms with Crippen LogP contribution >= 0.6 is 0 Å². The zero-order valence-electron chi connectivity index (χ0n) is 13.7. The van der Waals surface area contributed by atoms with E-state index in [-0.39, 0.29) is 11.9 Å². The Labute approximate surface area is 128 Å². The minimum absolute atomic E-state index is 0.0220. The Bertz CT molecular complexity index is 291. The molecule has 1 saturated carbocycles. The Morgan fingerprint density at radius 2 is 2.00 bits per heavy atom. The van der Waals surface area contributed by atoms with E-state index in [0.717, 1.165) is 25.2 Å². The average molecular weight is 300 g/mol. The van der Waals surface area contributed by atoms with Gasteiger partial charge in [-0.1, -0.05) is 13.8 Å². The molecule has 0 radical (unpaired) electrons. The molecule has 0 aromatic rings. The van der Waals surface area contributed by atoms with Crippen molar-refractivity contribution in [3.05, 3.63) is 0 Å². The Morgan fingerprint density at radius 1 is 1.33 bits per heavy atom.